The highest BCUT2D eigenvalue weighted by Gasteiger charge is 2.37. The maximum atomic E-state index is 12.8. The number of para-hydroxylation sites is 1. The quantitative estimate of drug-likeness (QED) is 0.507. The molecule has 1 aliphatic heterocycles. The molecule has 0 radical (unpaired) electrons. The number of carbonyl (C=O) groups excluding carboxylic acids is 2. The molecule has 4 aromatic rings. The zero-order valence-corrected chi connectivity index (χ0v) is 15.2. The average molecular weight is 369 g/mol. The van der Waals surface area contributed by atoms with Crippen molar-refractivity contribution in [3.05, 3.63) is 71.7 Å². The van der Waals surface area contributed by atoms with Crippen LogP contribution in [-0.4, -0.2) is 43.5 Å². The Bertz CT molecular complexity index is 1280. The predicted molar refractivity (Wildman–Crippen MR) is 103 cm³/mol. The van der Waals surface area contributed by atoms with Gasteiger partial charge in [0.25, 0.3) is 11.8 Å². The molecule has 0 atom stereocenters. The van der Waals surface area contributed by atoms with Crippen molar-refractivity contribution in [2.45, 2.75) is 6.92 Å². The predicted octanol–water partition coefficient (Wildman–Crippen LogP) is 3.02. The summed E-state index contributed by atoms with van der Waals surface area (Å²) in [6.07, 6.45) is 4.83. The zero-order valence-electron chi connectivity index (χ0n) is 15.2. The lowest BCUT2D eigenvalue weighted by atomic mass is 10.0. The number of benzene rings is 1. The van der Waals surface area contributed by atoms with Crippen LogP contribution in [0, 0.1) is 6.92 Å². The SMILES string of the molecule is Cc1ccccc1-n1nc(-c2cccnc2)c2c3c(cnc21)C(=O)N(C)C3=O. The number of rotatable bonds is 2. The molecule has 28 heavy (non-hydrogen) atoms. The first-order valence-electron chi connectivity index (χ1n) is 8.78. The van der Waals surface area contributed by atoms with Crippen molar-refractivity contribution in [1.29, 1.82) is 0 Å². The van der Waals surface area contributed by atoms with Gasteiger partial charge in [0, 0.05) is 31.2 Å². The lowest BCUT2D eigenvalue weighted by molar-refractivity contribution is 0.0693. The number of hydrogen-bond donors (Lipinski definition) is 0. The number of amides is 2. The van der Waals surface area contributed by atoms with Gasteiger partial charge in [0.15, 0.2) is 5.65 Å². The van der Waals surface area contributed by atoms with Crippen LogP contribution in [-0.2, 0) is 0 Å². The molecule has 1 aromatic carbocycles. The van der Waals surface area contributed by atoms with Crippen molar-refractivity contribution in [3.63, 3.8) is 0 Å². The van der Waals surface area contributed by atoms with Crippen LogP contribution in [0.25, 0.3) is 28.0 Å². The minimum Gasteiger partial charge on any atom is -0.277 e. The highest BCUT2D eigenvalue weighted by atomic mass is 16.2. The summed E-state index contributed by atoms with van der Waals surface area (Å²) in [5.41, 5.74) is 4.39. The van der Waals surface area contributed by atoms with Gasteiger partial charge in [0.2, 0.25) is 0 Å². The molecule has 136 valence electrons. The van der Waals surface area contributed by atoms with Crippen LogP contribution in [0.3, 0.4) is 0 Å². The van der Waals surface area contributed by atoms with Gasteiger partial charge in [0.05, 0.1) is 22.2 Å². The second-order valence-corrected chi connectivity index (χ2v) is 6.70. The van der Waals surface area contributed by atoms with Crippen molar-refractivity contribution in [2.24, 2.45) is 0 Å². The fourth-order valence-electron chi connectivity index (χ4n) is 3.58. The van der Waals surface area contributed by atoms with Gasteiger partial charge in [-0.25, -0.2) is 9.67 Å². The summed E-state index contributed by atoms with van der Waals surface area (Å²) in [5, 5.41) is 5.35. The molecule has 3 aromatic heterocycles. The first-order chi connectivity index (χ1) is 13.6. The van der Waals surface area contributed by atoms with E-state index < -0.39 is 0 Å². The first kappa shape index (κ1) is 16.3. The molecule has 2 amide bonds. The van der Waals surface area contributed by atoms with Gasteiger partial charge in [-0.15, -0.1) is 0 Å². The van der Waals surface area contributed by atoms with Crippen LogP contribution < -0.4 is 0 Å². The monoisotopic (exact) mass is 369 g/mol. The Kier molecular flexibility index (Phi) is 3.39. The van der Waals surface area contributed by atoms with Crippen LogP contribution >= 0.6 is 0 Å². The molecule has 0 aliphatic carbocycles. The standard InChI is InChI=1S/C21H15N5O2/c1-12-6-3-4-8-15(12)26-19-17(18(24-26)13-7-5-9-22-10-13)16-14(11-23-19)20(27)25(2)21(16)28/h3-11H,1-2H3. The number of hydrogen-bond acceptors (Lipinski definition) is 5. The molecule has 0 saturated heterocycles. The van der Waals surface area contributed by atoms with E-state index in [0.717, 1.165) is 21.7 Å². The summed E-state index contributed by atoms with van der Waals surface area (Å²) in [4.78, 5) is 35.1. The summed E-state index contributed by atoms with van der Waals surface area (Å²) in [6.45, 7) is 1.99. The highest BCUT2D eigenvalue weighted by Crippen LogP contribution is 2.36. The number of imide groups is 1. The maximum absolute atomic E-state index is 12.8. The molecule has 0 N–H and O–H groups in total. The summed E-state index contributed by atoms with van der Waals surface area (Å²) in [6, 6.07) is 11.5. The van der Waals surface area contributed by atoms with E-state index >= 15 is 0 Å². The molecule has 4 heterocycles. The number of pyridine rings is 2. The van der Waals surface area contributed by atoms with Crippen molar-refractivity contribution in [3.8, 4) is 16.9 Å². The molecule has 0 saturated carbocycles. The second-order valence-electron chi connectivity index (χ2n) is 6.70. The van der Waals surface area contributed by atoms with Gasteiger partial charge in [-0.3, -0.25) is 19.5 Å². The van der Waals surface area contributed by atoms with Crippen LogP contribution in [0.15, 0.2) is 55.0 Å². The van der Waals surface area contributed by atoms with Crippen LogP contribution in [0.5, 0.6) is 0 Å². The smallest absolute Gasteiger partial charge is 0.262 e. The number of aromatic nitrogens is 4. The summed E-state index contributed by atoms with van der Waals surface area (Å²) >= 11 is 0. The minimum atomic E-state index is -0.352. The lowest BCUT2D eigenvalue weighted by Gasteiger charge is -2.06. The zero-order chi connectivity index (χ0) is 19.4. The van der Waals surface area contributed by atoms with E-state index in [9.17, 15) is 9.59 Å². The van der Waals surface area contributed by atoms with E-state index in [1.54, 1.807) is 17.1 Å². The third-order valence-corrected chi connectivity index (χ3v) is 5.03. The second kappa shape index (κ2) is 5.82. The molecule has 7 heteroatoms. The summed E-state index contributed by atoms with van der Waals surface area (Å²) in [7, 11) is 1.48. The van der Waals surface area contributed by atoms with Crippen molar-refractivity contribution < 1.29 is 9.59 Å². The summed E-state index contributed by atoms with van der Waals surface area (Å²) < 4.78 is 1.73. The number of carbonyl (C=O) groups is 2. The Hall–Kier alpha value is -3.87. The van der Waals surface area contributed by atoms with Crippen LogP contribution in [0.4, 0.5) is 0 Å². The van der Waals surface area contributed by atoms with Gasteiger partial charge in [0.1, 0.15) is 5.69 Å². The van der Waals surface area contributed by atoms with Gasteiger partial charge in [-0.1, -0.05) is 18.2 Å². The normalized spacial score (nSPS) is 13.4. The Balaban J connectivity index is 1.93. The van der Waals surface area contributed by atoms with Crippen LogP contribution in [0.1, 0.15) is 26.3 Å². The fraction of sp³-hybridized carbons (Fsp3) is 0.0952. The van der Waals surface area contributed by atoms with Gasteiger partial charge in [-0.05, 0) is 30.7 Å². The average Bonchev–Trinajstić information content (AvgIpc) is 3.21. The Morgan fingerprint density at radius 1 is 0.964 bits per heavy atom. The Morgan fingerprint density at radius 2 is 1.79 bits per heavy atom. The van der Waals surface area contributed by atoms with Gasteiger partial charge >= 0.3 is 0 Å². The Labute approximate surface area is 160 Å². The maximum Gasteiger partial charge on any atom is 0.262 e. The molecule has 7 nitrogen and oxygen atoms in total. The Morgan fingerprint density at radius 3 is 2.54 bits per heavy atom. The minimum absolute atomic E-state index is 0.300. The van der Waals surface area contributed by atoms with Crippen LogP contribution in [0.2, 0.25) is 0 Å². The molecule has 0 fully saturated rings. The summed E-state index contributed by atoms with van der Waals surface area (Å²) in [5.74, 6) is -0.697. The number of aryl methyl sites for hydroxylation is 1. The van der Waals surface area contributed by atoms with E-state index in [0.29, 0.717) is 27.9 Å². The van der Waals surface area contributed by atoms with E-state index in [1.807, 2.05) is 43.3 Å². The molecule has 5 rings (SSSR count). The molecule has 0 bridgehead atoms. The number of nitrogens with zero attached hydrogens (tertiary/aromatic N) is 5. The van der Waals surface area contributed by atoms with Crippen molar-refractivity contribution in [2.75, 3.05) is 7.05 Å². The van der Waals surface area contributed by atoms with Crippen molar-refractivity contribution >= 4 is 22.8 Å². The third kappa shape index (κ3) is 2.13. The van der Waals surface area contributed by atoms with Gasteiger partial charge < -0.3 is 0 Å². The molecule has 1 aliphatic rings. The fourth-order valence-corrected chi connectivity index (χ4v) is 3.58. The lowest BCUT2D eigenvalue weighted by Crippen LogP contribution is -2.24. The van der Waals surface area contributed by atoms with Crippen molar-refractivity contribution in [1.82, 2.24) is 24.6 Å². The van der Waals surface area contributed by atoms with Gasteiger partial charge in [-0.2, -0.15) is 5.10 Å². The topological polar surface area (TPSA) is 81.0 Å². The third-order valence-electron chi connectivity index (χ3n) is 5.03. The first-order valence-corrected chi connectivity index (χ1v) is 8.78. The number of fused-ring (bicyclic) bond motifs is 3. The van der Waals surface area contributed by atoms with E-state index in [-0.39, 0.29) is 11.8 Å². The molecule has 0 unspecified atom stereocenters. The highest BCUT2D eigenvalue weighted by molar-refractivity contribution is 6.27. The van der Waals surface area contributed by atoms with E-state index in [2.05, 4.69) is 9.97 Å². The largest absolute Gasteiger partial charge is 0.277 e. The molecular weight excluding hydrogens is 354 g/mol. The molecular formula is C21H15N5O2. The van der Waals surface area contributed by atoms with E-state index in [4.69, 9.17) is 5.10 Å². The van der Waals surface area contributed by atoms with E-state index in [1.165, 1.54) is 13.2 Å². The molecule has 0 spiro atoms.